The number of aromatic nitrogens is 1. The Morgan fingerprint density at radius 2 is 1.83 bits per heavy atom. The predicted molar refractivity (Wildman–Crippen MR) is 92.4 cm³/mol. The van der Waals surface area contributed by atoms with E-state index < -0.39 is 0 Å². The number of benzene rings is 1. The van der Waals surface area contributed by atoms with Gasteiger partial charge < -0.3 is 4.98 Å². The minimum atomic E-state index is -0.0147. The Morgan fingerprint density at radius 1 is 1.04 bits per heavy atom. The topological polar surface area (TPSA) is 56.4 Å². The number of fused-ring (bicyclic) bond motifs is 1. The third-order valence-corrected chi connectivity index (χ3v) is 5.29. The Bertz CT molecular complexity index is 718. The standard InChI is InChI=1S/C19H23N3O2/c23-18-8-9-19(24)22(18)12-11-21-10-4-3-7-17(21)16-13-14-5-1-2-6-15(14)20-16/h1-2,5-6,13,17,20H,3-4,7-12H2/t17-/m1/s1. The van der Waals surface area contributed by atoms with Gasteiger partial charge in [-0.3, -0.25) is 19.4 Å². The van der Waals surface area contributed by atoms with E-state index in [-0.39, 0.29) is 11.8 Å². The lowest BCUT2D eigenvalue weighted by Gasteiger charge is -2.36. The first-order valence-electron chi connectivity index (χ1n) is 8.87. The number of imide groups is 1. The molecule has 4 rings (SSSR count). The summed E-state index contributed by atoms with van der Waals surface area (Å²) >= 11 is 0. The summed E-state index contributed by atoms with van der Waals surface area (Å²) in [5, 5.41) is 1.24. The number of H-pyrrole nitrogens is 1. The van der Waals surface area contributed by atoms with E-state index in [0.29, 0.717) is 25.4 Å². The Labute approximate surface area is 141 Å². The quantitative estimate of drug-likeness (QED) is 0.880. The van der Waals surface area contributed by atoms with Crippen molar-refractivity contribution in [2.24, 2.45) is 0 Å². The molecule has 0 aliphatic carbocycles. The largest absolute Gasteiger partial charge is 0.357 e. The molecule has 24 heavy (non-hydrogen) atoms. The number of hydrogen-bond acceptors (Lipinski definition) is 3. The molecule has 1 aromatic heterocycles. The van der Waals surface area contributed by atoms with Gasteiger partial charge in [-0.2, -0.15) is 0 Å². The van der Waals surface area contributed by atoms with Gasteiger partial charge >= 0.3 is 0 Å². The van der Waals surface area contributed by atoms with E-state index in [1.54, 1.807) is 0 Å². The second kappa shape index (κ2) is 6.40. The Morgan fingerprint density at radius 3 is 2.62 bits per heavy atom. The Kier molecular flexibility index (Phi) is 4.10. The fraction of sp³-hybridized carbons (Fsp3) is 0.474. The van der Waals surface area contributed by atoms with Gasteiger partial charge in [0.1, 0.15) is 0 Å². The number of nitrogens with zero attached hydrogens (tertiary/aromatic N) is 2. The number of nitrogens with one attached hydrogen (secondary N) is 1. The van der Waals surface area contributed by atoms with Crippen molar-refractivity contribution in [1.82, 2.24) is 14.8 Å². The number of carbonyl (C=O) groups is 2. The third-order valence-electron chi connectivity index (χ3n) is 5.29. The van der Waals surface area contributed by atoms with Gasteiger partial charge in [-0.15, -0.1) is 0 Å². The molecule has 0 radical (unpaired) electrons. The summed E-state index contributed by atoms with van der Waals surface area (Å²) in [5.41, 5.74) is 2.41. The van der Waals surface area contributed by atoms with E-state index in [0.717, 1.165) is 19.5 Å². The molecule has 2 saturated heterocycles. The van der Waals surface area contributed by atoms with Crippen LogP contribution in [-0.2, 0) is 9.59 Å². The number of aromatic amines is 1. The molecule has 126 valence electrons. The zero-order valence-electron chi connectivity index (χ0n) is 13.8. The maximum Gasteiger partial charge on any atom is 0.229 e. The summed E-state index contributed by atoms with van der Waals surface area (Å²) in [6, 6.07) is 10.9. The smallest absolute Gasteiger partial charge is 0.229 e. The molecular formula is C19H23N3O2. The summed E-state index contributed by atoms with van der Waals surface area (Å²) in [7, 11) is 0. The average Bonchev–Trinajstić information content (AvgIpc) is 3.17. The molecule has 2 aliphatic heterocycles. The lowest BCUT2D eigenvalue weighted by atomic mass is 9.99. The van der Waals surface area contributed by atoms with Crippen LogP contribution in [0.1, 0.15) is 43.8 Å². The Balaban J connectivity index is 1.50. The van der Waals surface area contributed by atoms with Crippen LogP contribution in [0.25, 0.3) is 10.9 Å². The lowest BCUT2D eigenvalue weighted by molar-refractivity contribution is -0.138. The first-order chi connectivity index (χ1) is 11.7. The summed E-state index contributed by atoms with van der Waals surface area (Å²) < 4.78 is 0. The van der Waals surface area contributed by atoms with E-state index >= 15 is 0 Å². The van der Waals surface area contributed by atoms with Crippen molar-refractivity contribution in [2.45, 2.75) is 38.1 Å². The maximum atomic E-state index is 11.8. The highest BCUT2D eigenvalue weighted by Crippen LogP contribution is 2.32. The minimum Gasteiger partial charge on any atom is -0.357 e. The molecule has 0 saturated carbocycles. The number of carbonyl (C=O) groups excluding carboxylic acids is 2. The minimum absolute atomic E-state index is 0.0147. The van der Waals surface area contributed by atoms with Crippen LogP contribution in [0.15, 0.2) is 30.3 Å². The predicted octanol–water partition coefficient (Wildman–Crippen LogP) is 2.84. The molecule has 2 aliphatic rings. The van der Waals surface area contributed by atoms with Crippen LogP contribution in [0.2, 0.25) is 0 Å². The van der Waals surface area contributed by atoms with Gasteiger partial charge in [0.15, 0.2) is 0 Å². The normalized spacial score (nSPS) is 22.7. The summed E-state index contributed by atoms with van der Waals surface area (Å²) in [5.74, 6) is -0.0293. The molecule has 2 aromatic rings. The second-order valence-electron chi connectivity index (χ2n) is 6.80. The van der Waals surface area contributed by atoms with Crippen LogP contribution in [0.3, 0.4) is 0 Å². The van der Waals surface area contributed by atoms with Crippen molar-refractivity contribution in [3.8, 4) is 0 Å². The van der Waals surface area contributed by atoms with Gasteiger partial charge in [0.2, 0.25) is 11.8 Å². The second-order valence-corrected chi connectivity index (χ2v) is 6.80. The SMILES string of the molecule is O=C1CCC(=O)N1CCN1CCCC[C@@H]1c1cc2ccccc2[nH]1. The molecule has 5 nitrogen and oxygen atoms in total. The zero-order chi connectivity index (χ0) is 16.5. The molecule has 1 N–H and O–H groups in total. The van der Waals surface area contributed by atoms with Gasteiger partial charge in [0.25, 0.3) is 0 Å². The lowest BCUT2D eigenvalue weighted by Crippen LogP contribution is -2.41. The number of likely N-dealkylation sites (tertiary alicyclic amines) is 2. The van der Waals surface area contributed by atoms with E-state index in [1.807, 2.05) is 6.07 Å². The molecule has 0 unspecified atom stereocenters. The van der Waals surface area contributed by atoms with Crippen LogP contribution in [0.5, 0.6) is 0 Å². The van der Waals surface area contributed by atoms with Crippen molar-refractivity contribution in [1.29, 1.82) is 0 Å². The summed E-state index contributed by atoms with van der Waals surface area (Å²) in [4.78, 5) is 31.0. The molecule has 2 fully saturated rings. The van der Waals surface area contributed by atoms with Crippen molar-refractivity contribution < 1.29 is 9.59 Å². The van der Waals surface area contributed by atoms with E-state index in [9.17, 15) is 9.59 Å². The summed E-state index contributed by atoms with van der Waals surface area (Å²) in [6.45, 7) is 2.31. The molecular weight excluding hydrogens is 302 g/mol. The van der Waals surface area contributed by atoms with E-state index in [1.165, 1.54) is 34.3 Å². The van der Waals surface area contributed by atoms with Gasteiger partial charge in [-0.25, -0.2) is 0 Å². The number of rotatable bonds is 4. The zero-order valence-corrected chi connectivity index (χ0v) is 13.8. The third kappa shape index (κ3) is 2.84. The number of amides is 2. The van der Waals surface area contributed by atoms with Crippen LogP contribution in [-0.4, -0.2) is 46.2 Å². The number of para-hydroxylation sites is 1. The molecule has 3 heterocycles. The van der Waals surface area contributed by atoms with Gasteiger partial charge in [-0.05, 0) is 36.9 Å². The first kappa shape index (κ1) is 15.4. The van der Waals surface area contributed by atoms with Crippen molar-refractivity contribution in [3.05, 3.63) is 36.0 Å². The maximum absolute atomic E-state index is 11.8. The van der Waals surface area contributed by atoms with Crippen LogP contribution >= 0.6 is 0 Å². The van der Waals surface area contributed by atoms with Crippen LogP contribution < -0.4 is 0 Å². The van der Waals surface area contributed by atoms with Gasteiger partial charge in [-0.1, -0.05) is 24.6 Å². The Hall–Kier alpha value is -2.14. The fourth-order valence-corrected chi connectivity index (χ4v) is 3.99. The van der Waals surface area contributed by atoms with Crippen molar-refractivity contribution in [2.75, 3.05) is 19.6 Å². The molecule has 1 atom stereocenters. The highest BCUT2D eigenvalue weighted by atomic mass is 16.2. The molecule has 0 spiro atoms. The summed E-state index contributed by atoms with van der Waals surface area (Å²) in [6.07, 6.45) is 4.28. The average molecular weight is 325 g/mol. The van der Waals surface area contributed by atoms with Crippen LogP contribution in [0, 0.1) is 0 Å². The van der Waals surface area contributed by atoms with E-state index in [4.69, 9.17) is 0 Å². The number of hydrogen-bond donors (Lipinski definition) is 1. The highest BCUT2D eigenvalue weighted by Gasteiger charge is 2.31. The highest BCUT2D eigenvalue weighted by molar-refractivity contribution is 6.01. The molecule has 0 bridgehead atoms. The molecule has 2 amide bonds. The van der Waals surface area contributed by atoms with Crippen molar-refractivity contribution >= 4 is 22.7 Å². The number of piperidine rings is 1. The van der Waals surface area contributed by atoms with Gasteiger partial charge in [0.05, 0.1) is 0 Å². The first-order valence-corrected chi connectivity index (χ1v) is 8.87. The van der Waals surface area contributed by atoms with E-state index in [2.05, 4.69) is 34.1 Å². The monoisotopic (exact) mass is 325 g/mol. The molecule has 5 heteroatoms. The fourth-order valence-electron chi connectivity index (χ4n) is 3.99. The van der Waals surface area contributed by atoms with Crippen molar-refractivity contribution in [3.63, 3.8) is 0 Å². The van der Waals surface area contributed by atoms with Gasteiger partial charge in [0, 0.05) is 43.2 Å². The molecule has 1 aromatic carbocycles. The van der Waals surface area contributed by atoms with Crippen LogP contribution in [0.4, 0.5) is 0 Å².